The van der Waals surface area contributed by atoms with Gasteiger partial charge in [0.15, 0.2) is 5.69 Å². The lowest BCUT2D eigenvalue weighted by Crippen LogP contribution is -2.23. The van der Waals surface area contributed by atoms with E-state index in [-0.39, 0.29) is 18.1 Å². The van der Waals surface area contributed by atoms with Gasteiger partial charge in [-0.2, -0.15) is 5.10 Å². The molecule has 2 aromatic rings. The molecular formula is C17H15FN2O4. The molecule has 0 saturated carbocycles. The highest BCUT2D eigenvalue weighted by Gasteiger charge is 2.34. The number of esters is 2. The summed E-state index contributed by atoms with van der Waals surface area (Å²) in [5.41, 5.74) is 2.69. The van der Waals surface area contributed by atoms with Crippen molar-refractivity contribution < 1.29 is 23.5 Å². The number of carbonyl (C=O) groups is 2. The van der Waals surface area contributed by atoms with Crippen LogP contribution in [0.25, 0.3) is 5.69 Å². The number of ether oxygens (including phenoxy) is 2. The fourth-order valence-electron chi connectivity index (χ4n) is 3.17. The van der Waals surface area contributed by atoms with Crippen LogP contribution in [0.1, 0.15) is 34.6 Å². The Bertz CT molecular complexity index is 813. The minimum absolute atomic E-state index is 0.228. The highest BCUT2D eigenvalue weighted by atomic mass is 19.1. The van der Waals surface area contributed by atoms with Crippen LogP contribution < -0.4 is 0 Å². The number of halogens is 1. The van der Waals surface area contributed by atoms with Gasteiger partial charge < -0.3 is 9.47 Å². The molecule has 1 fully saturated rings. The molecule has 0 N–H and O–H groups in total. The molecule has 1 aromatic carbocycles. The summed E-state index contributed by atoms with van der Waals surface area (Å²) in [6.07, 6.45) is 1.95. The second-order valence-electron chi connectivity index (χ2n) is 5.87. The van der Waals surface area contributed by atoms with Crippen molar-refractivity contribution in [3.8, 4) is 5.69 Å². The van der Waals surface area contributed by atoms with E-state index in [1.807, 2.05) is 0 Å². The van der Waals surface area contributed by atoms with Crippen LogP contribution in [0.3, 0.4) is 0 Å². The summed E-state index contributed by atoms with van der Waals surface area (Å²) in [6, 6.07) is 5.94. The largest absolute Gasteiger partial charge is 0.463 e. The molecule has 1 saturated heterocycles. The smallest absolute Gasteiger partial charge is 0.360 e. The zero-order valence-corrected chi connectivity index (χ0v) is 12.8. The predicted octanol–water partition coefficient (Wildman–Crippen LogP) is 1.97. The van der Waals surface area contributed by atoms with Crippen LogP contribution >= 0.6 is 0 Å². The van der Waals surface area contributed by atoms with E-state index < -0.39 is 18.0 Å². The van der Waals surface area contributed by atoms with E-state index in [9.17, 15) is 14.0 Å². The number of fused-ring (bicyclic) bond motifs is 1. The Morgan fingerprint density at radius 3 is 2.79 bits per heavy atom. The van der Waals surface area contributed by atoms with E-state index in [0.717, 1.165) is 30.5 Å². The van der Waals surface area contributed by atoms with Gasteiger partial charge in [-0.15, -0.1) is 0 Å². The normalized spacial score (nSPS) is 19.2. The van der Waals surface area contributed by atoms with Crippen LogP contribution in [-0.2, 0) is 27.1 Å². The molecule has 124 valence electrons. The topological polar surface area (TPSA) is 70.4 Å². The molecule has 0 unspecified atom stereocenters. The molecule has 0 radical (unpaired) electrons. The third-order valence-electron chi connectivity index (χ3n) is 4.33. The third-order valence-corrected chi connectivity index (χ3v) is 4.33. The first kappa shape index (κ1) is 14.9. The van der Waals surface area contributed by atoms with Gasteiger partial charge in [0.1, 0.15) is 5.82 Å². The Morgan fingerprint density at radius 1 is 1.29 bits per heavy atom. The molecule has 1 atom stereocenters. The molecule has 4 rings (SSSR count). The van der Waals surface area contributed by atoms with Gasteiger partial charge in [-0.05, 0) is 43.5 Å². The zero-order valence-electron chi connectivity index (χ0n) is 12.8. The van der Waals surface area contributed by atoms with E-state index in [2.05, 4.69) is 5.10 Å². The van der Waals surface area contributed by atoms with Crippen molar-refractivity contribution in [1.82, 2.24) is 9.78 Å². The molecular weight excluding hydrogens is 315 g/mol. The van der Waals surface area contributed by atoms with Crippen LogP contribution in [0.5, 0.6) is 0 Å². The van der Waals surface area contributed by atoms with Crippen LogP contribution in [0.15, 0.2) is 24.3 Å². The van der Waals surface area contributed by atoms with Gasteiger partial charge in [-0.25, -0.2) is 18.7 Å². The molecule has 24 heavy (non-hydrogen) atoms. The van der Waals surface area contributed by atoms with Crippen LogP contribution in [0, 0.1) is 5.82 Å². The average Bonchev–Trinajstić information content (AvgIpc) is 3.26. The fraction of sp³-hybridized carbons (Fsp3) is 0.353. The monoisotopic (exact) mass is 330 g/mol. The Kier molecular flexibility index (Phi) is 3.55. The van der Waals surface area contributed by atoms with E-state index in [1.54, 1.807) is 16.8 Å². The van der Waals surface area contributed by atoms with Crippen molar-refractivity contribution in [1.29, 1.82) is 0 Å². The second-order valence-corrected chi connectivity index (χ2v) is 5.87. The minimum Gasteiger partial charge on any atom is -0.463 e. The third kappa shape index (κ3) is 2.46. The van der Waals surface area contributed by atoms with Gasteiger partial charge in [0.25, 0.3) is 0 Å². The van der Waals surface area contributed by atoms with Crippen molar-refractivity contribution in [2.24, 2.45) is 0 Å². The Hall–Kier alpha value is -2.70. The van der Waals surface area contributed by atoms with Crippen molar-refractivity contribution in [2.45, 2.75) is 31.8 Å². The van der Waals surface area contributed by atoms with Crippen molar-refractivity contribution in [3.05, 3.63) is 47.0 Å². The highest BCUT2D eigenvalue weighted by Crippen LogP contribution is 2.29. The van der Waals surface area contributed by atoms with Crippen LogP contribution in [0.2, 0.25) is 0 Å². The molecule has 1 aliphatic heterocycles. The van der Waals surface area contributed by atoms with E-state index in [1.165, 1.54) is 12.1 Å². The first-order chi connectivity index (χ1) is 11.6. The maximum absolute atomic E-state index is 13.1. The molecule has 2 heterocycles. The van der Waals surface area contributed by atoms with E-state index in [4.69, 9.17) is 9.47 Å². The highest BCUT2D eigenvalue weighted by molar-refractivity contribution is 5.92. The van der Waals surface area contributed by atoms with Crippen LogP contribution in [0.4, 0.5) is 4.39 Å². The summed E-state index contributed by atoms with van der Waals surface area (Å²) in [6.45, 7) is 0.263. The van der Waals surface area contributed by atoms with E-state index in [0.29, 0.717) is 12.1 Å². The number of cyclic esters (lactones) is 1. The molecule has 0 amide bonds. The molecule has 2 aliphatic rings. The summed E-state index contributed by atoms with van der Waals surface area (Å²) < 4.78 is 24.8. The van der Waals surface area contributed by atoms with Gasteiger partial charge >= 0.3 is 11.9 Å². The summed E-state index contributed by atoms with van der Waals surface area (Å²) in [4.78, 5) is 23.9. The van der Waals surface area contributed by atoms with Gasteiger partial charge in [0.2, 0.25) is 6.10 Å². The van der Waals surface area contributed by atoms with Crippen molar-refractivity contribution >= 4 is 11.9 Å². The fourth-order valence-corrected chi connectivity index (χ4v) is 3.17. The Labute approximate surface area is 137 Å². The summed E-state index contributed by atoms with van der Waals surface area (Å²) in [5, 5.41) is 4.37. The second kappa shape index (κ2) is 5.74. The lowest BCUT2D eigenvalue weighted by atomic mass is 10.2. The molecule has 0 spiro atoms. The average molecular weight is 330 g/mol. The van der Waals surface area contributed by atoms with Crippen molar-refractivity contribution in [3.63, 3.8) is 0 Å². The van der Waals surface area contributed by atoms with Crippen LogP contribution in [-0.4, -0.2) is 34.4 Å². The molecule has 1 aliphatic carbocycles. The van der Waals surface area contributed by atoms with Crippen molar-refractivity contribution in [2.75, 3.05) is 6.61 Å². The summed E-state index contributed by atoms with van der Waals surface area (Å²) >= 11 is 0. The predicted molar refractivity (Wildman–Crippen MR) is 80.3 cm³/mol. The standard InChI is InChI=1S/C17H15FN2O4/c18-10-4-6-11(7-5-10)20-13-3-1-2-12(13)15(19-20)17(22)24-14-8-9-23-16(14)21/h4-7,14H,1-3,8-9H2/t14-/m1/s1. The van der Waals surface area contributed by atoms with E-state index >= 15 is 0 Å². The maximum atomic E-state index is 13.1. The number of hydrogen-bond acceptors (Lipinski definition) is 5. The minimum atomic E-state index is -0.856. The first-order valence-electron chi connectivity index (χ1n) is 7.88. The number of hydrogen-bond donors (Lipinski definition) is 0. The summed E-state index contributed by atoms with van der Waals surface area (Å²) in [7, 11) is 0. The van der Waals surface area contributed by atoms with Gasteiger partial charge in [0, 0.05) is 17.7 Å². The maximum Gasteiger partial charge on any atom is 0.360 e. The van der Waals surface area contributed by atoms with Gasteiger partial charge in [-0.3, -0.25) is 0 Å². The number of carbonyl (C=O) groups excluding carboxylic acids is 2. The number of aromatic nitrogens is 2. The first-order valence-corrected chi connectivity index (χ1v) is 7.88. The van der Waals surface area contributed by atoms with Gasteiger partial charge in [-0.1, -0.05) is 0 Å². The summed E-state index contributed by atoms with van der Waals surface area (Å²) in [5.74, 6) is -1.46. The Balaban J connectivity index is 1.67. The Morgan fingerprint density at radius 2 is 2.08 bits per heavy atom. The SMILES string of the molecule is O=C(O[C@@H]1CCOC1=O)c1nn(-c2ccc(F)cc2)c2c1CCC2. The lowest BCUT2D eigenvalue weighted by molar-refractivity contribution is -0.145. The molecule has 1 aromatic heterocycles. The lowest BCUT2D eigenvalue weighted by Gasteiger charge is -2.07. The molecule has 0 bridgehead atoms. The quantitative estimate of drug-likeness (QED) is 0.805. The number of rotatable bonds is 3. The molecule has 6 nitrogen and oxygen atoms in total. The number of benzene rings is 1. The number of nitrogens with zero attached hydrogens (tertiary/aromatic N) is 2. The van der Waals surface area contributed by atoms with Gasteiger partial charge in [0.05, 0.1) is 12.3 Å². The zero-order chi connectivity index (χ0) is 16.7. The molecule has 7 heteroatoms.